The van der Waals surface area contributed by atoms with Gasteiger partial charge in [0.15, 0.2) is 0 Å². The van der Waals surface area contributed by atoms with Gasteiger partial charge in [-0.05, 0) is 45.2 Å². The first kappa shape index (κ1) is 19.8. The fourth-order valence-electron chi connectivity index (χ4n) is 3.93. The van der Waals surface area contributed by atoms with Crippen LogP contribution in [-0.4, -0.2) is 60.6 Å². The molecule has 2 atom stereocenters. The first-order valence-corrected chi connectivity index (χ1v) is 9.65. The van der Waals surface area contributed by atoms with E-state index in [1.165, 1.54) is 12.1 Å². The summed E-state index contributed by atoms with van der Waals surface area (Å²) in [7, 11) is 0. The van der Waals surface area contributed by atoms with E-state index in [1.54, 1.807) is 12.1 Å². The molecule has 0 saturated carbocycles. The van der Waals surface area contributed by atoms with Gasteiger partial charge >= 0.3 is 0 Å². The van der Waals surface area contributed by atoms with E-state index in [9.17, 15) is 14.0 Å². The highest BCUT2D eigenvalue weighted by molar-refractivity contribution is 5.94. The molecule has 7 heteroatoms. The van der Waals surface area contributed by atoms with E-state index < -0.39 is 11.7 Å². The molecule has 0 spiro atoms. The van der Waals surface area contributed by atoms with Crippen molar-refractivity contribution in [3.63, 3.8) is 0 Å². The summed E-state index contributed by atoms with van der Waals surface area (Å²) in [5, 5.41) is 5.90. The van der Waals surface area contributed by atoms with Gasteiger partial charge in [-0.1, -0.05) is 12.1 Å². The topological polar surface area (TPSA) is 70.7 Å². The van der Waals surface area contributed by atoms with Gasteiger partial charge in [0.1, 0.15) is 5.82 Å². The number of hydrogen-bond acceptors (Lipinski definition) is 4. The lowest BCUT2D eigenvalue weighted by molar-refractivity contribution is -0.127. The summed E-state index contributed by atoms with van der Waals surface area (Å²) >= 11 is 0. The quantitative estimate of drug-likeness (QED) is 0.820. The molecule has 2 fully saturated rings. The van der Waals surface area contributed by atoms with E-state index in [-0.39, 0.29) is 35.6 Å². The molecule has 0 aliphatic carbocycles. The number of carbonyl (C=O) groups is 2. The minimum absolute atomic E-state index is 0.0147. The molecule has 0 bridgehead atoms. The Balaban J connectivity index is 1.70. The first-order valence-electron chi connectivity index (χ1n) is 9.65. The maximum absolute atomic E-state index is 13.9. The molecule has 3 rings (SSSR count). The van der Waals surface area contributed by atoms with Crippen molar-refractivity contribution in [3.05, 3.63) is 35.6 Å². The molecule has 6 nitrogen and oxygen atoms in total. The number of amides is 2. The van der Waals surface area contributed by atoms with E-state index in [1.807, 2.05) is 13.8 Å². The van der Waals surface area contributed by atoms with Crippen LogP contribution < -0.4 is 10.6 Å². The van der Waals surface area contributed by atoms with Crippen molar-refractivity contribution in [3.8, 4) is 0 Å². The SMILES string of the molecule is CC(C)NC(=O)[C@@H]1C[C@@H](NC(=O)c2ccccc2F)CN1C1CCOCC1. The van der Waals surface area contributed by atoms with Gasteiger partial charge in [-0.2, -0.15) is 0 Å². The monoisotopic (exact) mass is 377 g/mol. The zero-order valence-electron chi connectivity index (χ0n) is 15.9. The normalized spacial score (nSPS) is 24.1. The molecule has 0 radical (unpaired) electrons. The van der Waals surface area contributed by atoms with Gasteiger partial charge in [0.25, 0.3) is 5.91 Å². The lowest BCUT2D eigenvalue weighted by Crippen LogP contribution is -2.50. The lowest BCUT2D eigenvalue weighted by Gasteiger charge is -2.35. The van der Waals surface area contributed by atoms with Crippen LogP contribution in [0.2, 0.25) is 0 Å². The smallest absolute Gasteiger partial charge is 0.254 e. The van der Waals surface area contributed by atoms with Crippen molar-refractivity contribution in [2.24, 2.45) is 0 Å². The Morgan fingerprint density at radius 1 is 1.22 bits per heavy atom. The van der Waals surface area contributed by atoms with Crippen LogP contribution in [0.5, 0.6) is 0 Å². The number of nitrogens with one attached hydrogen (secondary N) is 2. The number of likely N-dealkylation sites (tertiary alicyclic amines) is 1. The molecule has 2 saturated heterocycles. The predicted octanol–water partition coefficient (Wildman–Crippen LogP) is 1.70. The summed E-state index contributed by atoms with van der Waals surface area (Å²) in [6.45, 7) is 5.82. The molecule has 0 unspecified atom stereocenters. The van der Waals surface area contributed by atoms with Crippen LogP contribution in [0, 0.1) is 5.82 Å². The average Bonchev–Trinajstić information content (AvgIpc) is 3.06. The Morgan fingerprint density at radius 2 is 1.93 bits per heavy atom. The van der Waals surface area contributed by atoms with Crippen LogP contribution in [0.25, 0.3) is 0 Å². The van der Waals surface area contributed by atoms with Gasteiger partial charge in [-0.3, -0.25) is 14.5 Å². The third-order valence-corrected chi connectivity index (χ3v) is 5.19. The van der Waals surface area contributed by atoms with Crippen molar-refractivity contribution in [1.82, 2.24) is 15.5 Å². The molecule has 148 valence electrons. The Hall–Kier alpha value is -1.99. The molecular formula is C20H28FN3O3. The number of hydrogen-bond donors (Lipinski definition) is 2. The van der Waals surface area contributed by atoms with Crippen molar-refractivity contribution < 1.29 is 18.7 Å². The zero-order valence-corrected chi connectivity index (χ0v) is 15.9. The Kier molecular flexibility index (Phi) is 6.44. The highest BCUT2D eigenvalue weighted by Crippen LogP contribution is 2.26. The van der Waals surface area contributed by atoms with Crippen LogP contribution >= 0.6 is 0 Å². The van der Waals surface area contributed by atoms with E-state index in [0.29, 0.717) is 26.2 Å². The molecule has 1 aromatic carbocycles. The molecule has 2 aliphatic rings. The van der Waals surface area contributed by atoms with Gasteiger partial charge in [0.2, 0.25) is 5.91 Å². The maximum atomic E-state index is 13.9. The van der Waals surface area contributed by atoms with Gasteiger partial charge in [0, 0.05) is 37.9 Å². The number of rotatable bonds is 5. The Morgan fingerprint density at radius 3 is 2.59 bits per heavy atom. The van der Waals surface area contributed by atoms with Crippen LogP contribution in [0.1, 0.15) is 43.5 Å². The van der Waals surface area contributed by atoms with Crippen LogP contribution in [0.15, 0.2) is 24.3 Å². The van der Waals surface area contributed by atoms with E-state index in [0.717, 1.165) is 12.8 Å². The number of carbonyl (C=O) groups excluding carboxylic acids is 2. The van der Waals surface area contributed by atoms with Crippen LogP contribution in [0.3, 0.4) is 0 Å². The third-order valence-electron chi connectivity index (χ3n) is 5.19. The molecule has 27 heavy (non-hydrogen) atoms. The number of halogens is 1. The number of nitrogens with zero attached hydrogens (tertiary/aromatic N) is 1. The number of ether oxygens (including phenoxy) is 1. The minimum Gasteiger partial charge on any atom is -0.381 e. The summed E-state index contributed by atoms with van der Waals surface area (Å²) in [5.74, 6) is -0.988. The van der Waals surface area contributed by atoms with E-state index in [4.69, 9.17) is 4.74 Å². The molecular weight excluding hydrogens is 349 g/mol. The zero-order chi connectivity index (χ0) is 19.4. The largest absolute Gasteiger partial charge is 0.381 e. The van der Waals surface area contributed by atoms with Gasteiger partial charge in [-0.15, -0.1) is 0 Å². The maximum Gasteiger partial charge on any atom is 0.254 e. The van der Waals surface area contributed by atoms with Gasteiger partial charge in [0.05, 0.1) is 11.6 Å². The fraction of sp³-hybridized carbons (Fsp3) is 0.600. The summed E-state index contributed by atoms with van der Waals surface area (Å²) in [5.41, 5.74) is 0.0326. The Labute approximate surface area is 159 Å². The average molecular weight is 377 g/mol. The third kappa shape index (κ3) is 4.84. The van der Waals surface area contributed by atoms with Crippen LogP contribution in [-0.2, 0) is 9.53 Å². The van der Waals surface area contributed by atoms with Crippen molar-refractivity contribution >= 4 is 11.8 Å². The van der Waals surface area contributed by atoms with E-state index >= 15 is 0 Å². The lowest BCUT2D eigenvalue weighted by atomic mass is 10.1. The highest BCUT2D eigenvalue weighted by atomic mass is 19.1. The van der Waals surface area contributed by atoms with Crippen molar-refractivity contribution in [2.75, 3.05) is 19.8 Å². The summed E-state index contributed by atoms with van der Waals surface area (Å²) in [6.07, 6.45) is 2.27. The molecule has 1 aromatic rings. The summed E-state index contributed by atoms with van der Waals surface area (Å²) in [4.78, 5) is 27.4. The first-order chi connectivity index (χ1) is 13.0. The molecule has 2 amide bonds. The molecule has 2 N–H and O–H groups in total. The highest BCUT2D eigenvalue weighted by Gasteiger charge is 2.41. The second kappa shape index (κ2) is 8.80. The minimum atomic E-state index is -0.539. The predicted molar refractivity (Wildman–Crippen MR) is 99.9 cm³/mol. The summed E-state index contributed by atoms with van der Waals surface area (Å²) in [6, 6.07) is 5.78. The van der Waals surface area contributed by atoms with Gasteiger partial charge < -0.3 is 15.4 Å². The second-order valence-electron chi connectivity index (χ2n) is 7.61. The molecule has 2 aliphatic heterocycles. The summed E-state index contributed by atoms with van der Waals surface area (Å²) < 4.78 is 19.3. The standard InChI is InChI=1S/C20H28FN3O3/c1-13(2)22-20(26)18-11-14(12-24(18)15-7-9-27-10-8-15)23-19(25)16-5-3-4-6-17(16)21/h3-6,13-15,18H,7-12H2,1-2H3,(H,22,26)(H,23,25)/t14-,18+/m1/s1. The van der Waals surface area contributed by atoms with E-state index in [2.05, 4.69) is 15.5 Å². The van der Waals surface area contributed by atoms with Crippen LogP contribution in [0.4, 0.5) is 4.39 Å². The molecule has 0 aromatic heterocycles. The Bertz CT molecular complexity index is 676. The molecule has 2 heterocycles. The van der Waals surface area contributed by atoms with Gasteiger partial charge in [-0.25, -0.2) is 4.39 Å². The fourth-order valence-corrected chi connectivity index (χ4v) is 3.93. The van der Waals surface area contributed by atoms with Crippen molar-refractivity contribution in [1.29, 1.82) is 0 Å². The van der Waals surface area contributed by atoms with Crippen molar-refractivity contribution in [2.45, 2.75) is 57.3 Å². The number of benzene rings is 1. The second-order valence-corrected chi connectivity index (χ2v) is 7.61.